The normalized spacial score (nSPS) is 12.8. The van der Waals surface area contributed by atoms with Gasteiger partial charge in [0, 0.05) is 6.54 Å². The van der Waals surface area contributed by atoms with E-state index in [1.807, 2.05) is 0 Å². The zero-order valence-corrected chi connectivity index (χ0v) is 9.45. The Balaban J connectivity index is 4.37. The van der Waals surface area contributed by atoms with Crippen LogP contribution in [0, 0.1) is 5.92 Å². The second kappa shape index (κ2) is 6.81. The molecule has 0 heterocycles. The van der Waals surface area contributed by atoms with Gasteiger partial charge < -0.3 is 10.5 Å². The zero-order chi connectivity index (χ0) is 11.8. The molecule has 84 valence electrons. The third-order valence-corrected chi connectivity index (χ3v) is 1.59. The van der Waals surface area contributed by atoms with Gasteiger partial charge >= 0.3 is 5.97 Å². The van der Waals surface area contributed by atoms with Crippen molar-refractivity contribution in [1.29, 1.82) is 0 Å². The molecule has 0 atom stereocenters. The Bertz CT molecular complexity index is 291. The highest BCUT2D eigenvalue weighted by Gasteiger charge is 2.01. The van der Waals surface area contributed by atoms with Gasteiger partial charge in [0.15, 0.2) is 0 Å². The van der Waals surface area contributed by atoms with E-state index in [0.717, 1.165) is 6.54 Å². The number of hydrogen-bond acceptors (Lipinski definition) is 3. The van der Waals surface area contributed by atoms with Crippen LogP contribution in [0.25, 0.3) is 0 Å². The molecule has 0 unspecified atom stereocenters. The van der Waals surface area contributed by atoms with Gasteiger partial charge in [-0.15, -0.1) is 0 Å². The van der Waals surface area contributed by atoms with E-state index < -0.39 is 5.97 Å². The van der Waals surface area contributed by atoms with Gasteiger partial charge in [-0.1, -0.05) is 26.5 Å². The predicted molar refractivity (Wildman–Crippen MR) is 61.9 cm³/mol. The molecule has 2 N–H and O–H groups in total. The molecule has 0 radical (unpaired) electrons. The average Bonchev–Trinajstić information content (AvgIpc) is 2.13. The second-order valence-corrected chi connectivity index (χ2v) is 3.62. The number of allylic oxidation sites excluding steroid dienone is 1. The molecule has 0 aromatic heterocycles. The maximum absolute atomic E-state index is 10.6. The van der Waals surface area contributed by atoms with Crippen molar-refractivity contribution in [3.8, 4) is 0 Å². The summed E-state index contributed by atoms with van der Waals surface area (Å²) in [5.74, 6) is -0.493. The molecule has 0 aromatic carbocycles. The van der Waals surface area contributed by atoms with E-state index in [1.54, 1.807) is 6.92 Å². The summed E-state index contributed by atoms with van der Waals surface area (Å²) >= 11 is 0. The first kappa shape index (κ1) is 13.4. The molecule has 0 saturated carbocycles. The fourth-order valence-electron chi connectivity index (χ4n) is 0.818. The molecule has 0 aliphatic rings. The lowest BCUT2D eigenvalue weighted by molar-refractivity contribution is -0.132. The average molecular weight is 210 g/mol. The van der Waals surface area contributed by atoms with Crippen molar-refractivity contribution in [3.05, 3.63) is 24.3 Å². The van der Waals surface area contributed by atoms with Crippen molar-refractivity contribution in [1.82, 2.24) is 5.43 Å². The van der Waals surface area contributed by atoms with Crippen molar-refractivity contribution in [2.75, 3.05) is 6.54 Å². The lowest BCUT2D eigenvalue weighted by Gasteiger charge is -2.03. The number of hydrogen-bond donors (Lipinski definition) is 2. The highest BCUT2D eigenvalue weighted by atomic mass is 16.4. The molecule has 0 aliphatic heterocycles. The van der Waals surface area contributed by atoms with Crippen LogP contribution in [0.15, 0.2) is 29.4 Å². The van der Waals surface area contributed by atoms with Crippen LogP contribution in [-0.4, -0.2) is 23.3 Å². The zero-order valence-electron chi connectivity index (χ0n) is 9.45. The molecule has 0 spiro atoms. The fourth-order valence-corrected chi connectivity index (χ4v) is 0.818. The Morgan fingerprint density at radius 2 is 2.20 bits per heavy atom. The summed E-state index contributed by atoms with van der Waals surface area (Å²) < 4.78 is 0. The Labute approximate surface area is 90.4 Å². The molecule has 0 fully saturated rings. The van der Waals surface area contributed by atoms with E-state index in [2.05, 4.69) is 31.0 Å². The Hall–Kier alpha value is -1.58. The lowest BCUT2D eigenvalue weighted by atomic mass is 10.2. The van der Waals surface area contributed by atoms with Crippen LogP contribution in [0.2, 0.25) is 0 Å². The first-order valence-corrected chi connectivity index (χ1v) is 4.82. The monoisotopic (exact) mass is 210 g/mol. The van der Waals surface area contributed by atoms with Crippen LogP contribution >= 0.6 is 0 Å². The third-order valence-electron chi connectivity index (χ3n) is 1.59. The first-order valence-electron chi connectivity index (χ1n) is 4.82. The van der Waals surface area contributed by atoms with Crippen LogP contribution in [0.1, 0.15) is 20.8 Å². The lowest BCUT2D eigenvalue weighted by Crippen LogP contribution is -2.15. The van der Waals surface area contributed by atoms with Crippen molar-refractivity contribution in [2.24, 2.45) is 11.0 Å². The molecule has 4 nitrogen and oxygen atoms in total. The number of rotatable bonds is 6. The highest BCUT2D eigenvalue weighted by molar-refractivity contribution is 6.01. The highest BCUT2D eigenvalue weighted by Crippen LogP contribution is 1.96. The number of carbonyl (C=O) groups is 1. The van der Waals surface area contributed by atoms with E-state index in [0.29, 0.717) is 11.6 Å². The largest absolute Gasteiger partial charge is 0.478 e. The molecule has 15 heavy (non-hydrogen) atoms. The van der Waals surface area contributed by atoms with Gasteiger partial charge in [0.05, 0.1) is 11.3 Å². The smallest absolute Gasteiger partial charge is 0.335 e. The predicted octanol–water partition coefficient (Wildman–Crippen LogP) is 1.80. The molecule has 0 rings (SSSR count). The fraction of sp³-hybridized carbons (Fsp3) is 0.455. The Morgan fingerprint density at radius 1 is 1.60 bits per heavy atom. The van der Waals surface area contributed by atoms with E-state index in [9.17, 15) is 4.79 Å². The topological polar surface area (TPSA) is 61.7 Å². The number of carboxylic acids is 1. The van der Waals surface area contributed by atoms with Crippen molar-refractivity contribution < 1.29 is 9.90 Å². The van der Waals surface area contributed by atoms with Crippen LogP contribution in [0.3, 0.4) is 0 Å². The summed E-state index contributed by atoms with van der Waals surface area (Å²) in [6.07, 6.45) is 2.77. The van der Waals surface area contributed by atoms with Crippen LogP contribution in [0.4, 0.5) is 0 Å². The van der Waals surface area contributed by atoms with Gasteiger partial charge in [-0.25, -0.2) is 4.79 Å². The SMILES string of the molecule is C=C/C(=C\C(C)=N/NCC(C)C)C(=O)O. The second-order valence-electron chi connectivity index (χ2n) is 3.62. The summed E-state index contributed by atoms with van der Waals surface area (Å²) in [5, 5.41) is 12.7. The van der Waals surface area contributed by atoms with Gasteiger partial charge in [-0.2, -0.15) is 5.10 Å². The van der Waals surface area contributed by atoms with E-state index in [4.69, 9.17) is 5.11 Å². The molecule has 0 aliphatic carbocycles. The van der Waals surface area contributed by atoms with Gasteiger partial charge in [-0.05, 0) is 18.9 Å². The van der Waals surface area contributed by atoms with Crippen LogP contribution < -0.4 is 5.43 Å². The number of nitrogens with one attached hydrogen (secondary N) is 1. The summed E-state index contributed by atoms with van der Waals surface area (Å²) in [6, 6.07) is 0. The van der Waals surface area contributed by atoms with Gasteiger partial charge in [-0.3, -0.25) is 0 Å². The quantitative estimate of drug-likeness (QED) is 0.304. The first-order chi connectivity index (χ1) is 6.97. The van der Waals surface area contributed by atoms with E-state index >= 15 is 0 Å². The minimum atomic E-state index is -0.997. The van der Waals surface area contributed by atoms with Crippen molar-refractivity contribution in [3.63, 3.8) is 0 Å². The molecule has 4 heteroatoms. The Kier molecular flexibility index (Phi) is 6.09. The van der Waals surface area contributed by atoms with Crippen molar-refractivity contribution >= 4 is 11.7 Å². The standard InChI is InChI=1S/C11H18N2O2/c1-5-10(11(14)15)6-9(4)13-12-7-8(2)3/h5-6,8,12H,1,7H2,2-4H3,(H,14,15)/b10-6+,13-9-. The molecule has 0 bridgehead atoms. The maximum Gasteiger partial charge on any atom is 0.335 e. The number of aliphatic carboxylic acids is 1. The van der Waals surface area contributed by atoms with E-state index in [1.165, 1.54) is 12.2 Å². The van der Waals surface area contributed by atoms with Gasteiger partial charge in [0.2, 0.25) is 0 Å². The summed E-state index contributed by atoms with van der Waals surface area (Å²) in [5.41, 5.74) is 3.63. The summed E-state index contributed by atoms with van der Waals surface area (Å²) in [4.78, 5) is 10.6. The summed E-state index contributed by atoms with van der Waals surface area (Å²) in [6.45, 7) is 10.1. The molecule has 0 saturated heterocycles. The van der Waals surface area contributed by atoms with Crippen LogP contribution in [-0.2, 0) is 4.79 Å². The summed E-state index contributed by atoms with van der Waals surface area (Å²) in [7, 11) is 0. The third kappa shape index (κ3) is 6.49. The number of hydrazone groups is 1. The van der Waals surface area contributed by atoms with Crippen molar-refractivity contribution in [2.45, 2.75) is 20.8 Å². The molecular formula is C11H18N2O2. The van der Waals surface area contributed by atoms with Crippen LogP contribution in [0.5, 0.6) is 0 Å². The minimum absolute atomic E-state index is 0.141. The molecule has 0 aromatic rings. The Morgan fingerprint density at radius 3 is 2.60 bits per heavy atom. The van der Waals surface area contributed by atoms with E-state index in [-0.39, 0.29) is 5.57 Å². The maximum atomic E-state index is 10.6. The van der Waals surface area contributed by atoms with Gasteiger partial charge in [0.1, 0.15) is 0 Å². The molecular weight excluding hydrogens is 192 g/mol. The molecule has 0 amide bonds. The number of nitrogens with zero attached hydrogens (tertiary/aromatic N) is 1. The minimum Gasteiger partial charge on any atom is -0.478 e. The van der Waals surface area contributed by atoms with Gasteiger partial charge in [0.25, 0.3) is 0 Å². The number of carboxylic acid groups (broad SMARTS) is 1.